The predicted octanol–water partition coefficient (Wildman–Crippen LogP) is -0.0504. The Morgan fingerprint density at radius 1 is 1.00 bits per heavy atom. The average Bonchev–Trinajstić information content (AvgIpc) is 3.02. The van der Waals surface area contributed by atoms with E-state index in [0.29, 0.717) is 25.1 Å². The second-order valence-corrected chi connectivity index (χ2v) is 11.1. The Hall–Kier alpha value is -1.16. The van der Waals surface area contributed by atoms with Crippen molar-refractivity contribution in [3.05, 3.63) is 29.8 Å². The number of rotatable bonds is 5. The quantitative estimate of drug-likeness (QED) is 0.550. The third-order valence-electron chi connectivity index (χ3n) is 4.56. The number of nitrogen functional groups attached to an aromatic ring is 1. The molecule has 2 aliphatic rings. The molecular formula is C15H23N3O4S2. The van der Waals surface area contributed by atoms with Crippen LogP contribution < -0.4 is 11.2 Å². The van der Waals surface area contributed by atoms with Gasteiger partial charge in [0.1, 0.15) is 0 Å². The molecular weight excluding hydrogens is 350 g/mol. The van der Waals surface area contributed by atoms with Crippen molar-refractivity contribution in [1.82, 2.24) is 10.4 Å². The highest BCUT2D eigenvalue weighted by Gasteiger charge is 2.35. The van der Waals surface area contributed by atoms with E-state index < -0.39 is 19.7 Å². The fourth-order valence-corrected chi connectivity index (χ4v) is 6.65. The van der Waals surface area contributed by atoms with Crippen molar-refractivity contribution in [3.8, 4) is 0 Å². The number of hydrogen-bond acceptors (Lipinski definition) is 7. The molecule has 134 valence electrons. The van der Waals surface area contributed by atoms with Crippen molar-refractivity contribution in [2.24, 2.45) is 0 Å². The second-order valence-electron chi connectivity index (χ2n) is 6.66. The number of hydrazine groups is 1. The molecule has 1 aromatic rings. The van der Waals surface area contributed by atoms with Crippen molar-refractivity contribution in [3.63, 3.8) is 0 Å². The largest absolute Gasteiger partial charge is 0.399 e. The minimum absolute atomic E-state index is 0.102. The fourth-order valence-electron chi connectivity index (χ4n) is 3.25. The number of sulfone groups is 2. The molecule has 3 N–H and O–H groups in total. The average molecular weight is 374 g/mol. The van der Waals surface area contributed by atoms with E-state index in [1.165, 1.54) is 0 Å². The van der Waals surface area contributed by atoms with Crippen molar-refractivity contribution in [2.45, 2.75) is 31.5 Å². The van der Waals surface area contributed by atoms with E-state index in [1.807, 2.05) is 17.1 Å². The Morgan fingerprint density at radius 2 is 1.62 bits per heavy atom. The summed E-state index contributed by atoms with van der Waals surface area (Å²) in [7, 11) is -6.01. The van der Waals surface area contributed by atoms with Gasteiger partial charge in [-0.25, -0.2) is 21.8 Å². The minimum atomic E-state index is -3.02. The van der Waals surface area contributed by atoms with Gasteiger partial charge in [-0.15, -0.1) is 0 Å². The van der Waals surface area contributed by atoms with E-state index >= 15 is 0 Å². The van der Waals surface area contributed by atoms with Crippen molar-refractivity contribution < 1.29 is 16.8 Å². The monoisotopic (exact) mass is 373 g/mol. The van der Waals surface area contributed by atoms with Gasteiger partial charge < -0.3 is 5.73 Å². The van der Waals surface area contributed by atoms with Gasteiger partial charge in [0.15, 0.2) is 19.7 Å². The van der Waals surface area contributed by atoms with Gasteiger partial charge in [0, 0.05) is 24.3 Å². The Kier molecular flexibility index (Phi) is 4.87. The highest BCUT2D eigenvalue weighted by molar-refractivity contribution is 7.91. The van der Waals surface area contributed by atoms with Gasteiger partial charge in [-0.05, 0) is 30.5 Å². The summed E-state index contributed by atoms with van der Waals surface area (Å²) < 4.78 is 47.0. The maximum atomic E-state index is 11.8. The number of nitrogens with zero attached hydrogens (tertiary/aromatic N) is 1. The van der Waals surface area contributed by atoms with Crippen LogP contribution in [0.5, 0.6) is 0 Å². The topological polar surface area (TPSA) is 110 Å². The summed E-state index contributed by atoms with van der Waals surface area (Å²) in [6, 6.07) is 7.11. The first-order valence-corrected chi connectivity index (χ1v) is 11.6. The SMILES string of the molecule is Nc1ccc(CN(N[C@@H]2CCS(=O)(=O)C2)[C@H]2CCS(=O)(=O)C2)cc1. The van der Waals surface area contributed by atoms with E-state index in [9.17, 15) is 16.8 Å². The molecule has 0 spiro atoms. The number of benzene rings is 1. The first-order chi connectivity index (χ1) is 11.2. The van der Waals surface area contributed by atoms with Gasteiger partial charge in [0.2, 0.25) is 0 Å². The van der Waals surface area contributed by atoms with Gasteiger partial charge in [-0.3, -0.25) is 5.43 Å². The molecule has 0 aromatic heterocycles. The smallest absolute Gasteiger partial charge is 0.151 e. The maximum absolute atomic E-state index is 11.8. The van der Waals surface area contributed by atoms with Gasteiger partial charge in [0.05, 0.1) is 23.0 Å². The molecule has 2 fully saturated rings. The van der Waals surface area contributed by atoms with E-state index in [0.717, 1.165) is 5.56 Å². The van der Waals surface area contributed by atoms with Crippen LogP contribution in [0.15, 0.2) is 24.3 Å². The lowest BCUT2D eigenvalue weighted by Gasteiger charge is -2.31. The first kappa shape index (κ1) is 17.7. The van der Waals surface area contributed by atoms with Crippen LogP contribution in [0, 0.1) is 0 Å². The summed E-state index contributed by atoms with van der Waals surface area (Å²) in [5.74, 6) is 0.572. The number of nitrogens with one attached hydrogen (secondary N) is 1. The molecule has 7 nitrogen and oxygen atoms in total. The summed E-state index contributed by atoms with van der Waals surface area (Å²) in [6.07, 6.45) is 1.11. The zero-order valence-corrected chi connectivity index (χ0v) is 15.0. The molecule has 2 atom stereocenters. The Morgan fingerprint density at radius 3 is 2.17 bits per heavy atom. The Labute approximate surface area is 143 Å². The third-order valence-corrected chi connectivity index (χ3v) is 8.08. The number of hydrogen-bond donors (Lipinski definition) is 2. The molecule has 0 radical (unpaired) electrons. The molecule has 0 bridgehead atoms. The zero-order valence-electron chi connectivity index (χ0n) is 13.4. The van der Waals surface area contributed by atoms with Crippen LogP contribution in [0.4, 0.5) is 5.69 Å². The van der Waals surface area contributed by atoms with Crippen molar-refractivity contribution in [1.29, 1.82) is 0 Å². The van der Waals surface area contributed by atoms with Gasteiger partial charge in [-0.1, -0.05) is 12.1 Å². The molecule has 0 aliphatic carbocycles. The predicted molar refractivity (Wildman–Crippen MR) is 93.7 cm³/mol. The molecule has 0 unspecified atom stereocenters. The van der Waals surface area contributed by atoms with Crippen LogP contribution in [0.2, 0.25) is 0 Å². The highest BCUT2D eigenvalue weighted by Crippen LogP contribution is 2.21. The Bertz CT molecular complexity index is 791. The minimum Gasteiger partial charge on any atom is -0.399 e. The normalized spacial score (nSPS) is 28.4. The van der Waals surface area contributed by atoms with E-state index in [4.69, 9.17) is 5.73 Å². The standard InChI is InChI=1S/C15H23N3O4S2/c16-13-3-1-12(2-4-13)9-18(15-6-8-24(21,22)11-15)17-14-5-7-23(19,20)10-14/h1-4,14-15,17H,5-11,16H2/t14-,15+/m1/s1. The lowest BCUT2D eigenvalue weighted by Crippen LogP contribution is -2.50. The third kappa shape index (κ3) is 4.47. The fraction of sp³-hybridized carbons (Fsp3) is 0.600. The van der Waals surface area contributed by atoms with Crippen LogP contribution in [0.25, 0.3) is 0 Å². The summed E-state index contributed by atoms with van der Waals surface area (Å²) in [5.41, 5.74) is 10.6. The van der Waals surface area contributed by atoms with Gasteiger partial charge in [0.25, 0.3) is 0 Å². The molecule has 2 heterocycles. The van der Waals surface area contributed by atoms with Gasteiger partial charge >= 0.3 is 0 Å². The maximum Gasteiger partial charge on any atom is 0.151 e. The lowest BCUT2D eigenvalue weighted by molar-refractivity contribution is 0.108. The van der Waals surface area contributed by atoms with Crippen molar-refractivity contribution >= 4 is 25.4 Å². The molecule has 9 heteroatoms. The van der Waals surface area contributed by atoms with Crippen LogP contribution >= 0.6 is 0 Å². The summed E-state index contributed by atoms with van der Waals surface area (Å²) in [5, 5.41) is 1.90. The zero-order chi connectivity index (χ0) is 17.4. The van der Waals surface area contributed by atoms with Crippen LogP contribution in [0.1, 0.15) is 18.4 Å². The molecule has 24 heavy (non-hydrogen) atoms. The van der Waals surface area contributed by atoms with Crippen LogP contribution in [-0.2, 0) is 26.2 Å². The molecule has 0 amide bonds. The lowest BCUT2D eigenvalue weighted by atomic mass is 10.1. The highest BCUT2D eigenvalue weighted by atomic mass is 32.2. The van der Waals surface area contributed by atoms with Crippen molar-refractivity contribution in [2.75, 3.05) is 28.7 Å². The van der Waals surface area contributed by atoms with E-state index in [-0.39, 0.29) is 35.1 Å². The molecule has 3 rings (SSSR count). The van der Waals surface area contributed by atoms with E-state index in [1.54, 1.807) is 12.1 Å². The molecule has 2 saturated heterocycles. The van der Waals surface area contributed by atoms with E-state index in [2.05, 4.69) is 5.43 Å². The molecule has 1 aromatic carbocycles. The summed E-state index contributed by atoms with van der Waals surface area (Å²) in [6.45, 7) is 0.511. The number of anilines is 1. The van der Waals surface area contributed by atoms with Gasteiger partial charge in [-0.2, -0.15) is 0 Å². The van der Waals surface area contributed by atoms with Crippen LogP contribution in [0.3, 0.4) is 0 Å². The van der Waals surface area contributed by atoms with Crippen LogP contribution in [-0.4, -0.2) is 56.9 Å². The molecule has 2 aliphatic heterocycles. The summed E-state index contributed by atoms with van der Waals surface area (Å²) >= 11 is 0. The number of nitrogens with two attached hydrogens (primary N) is 1. The second kappa shape index (κ2) is 6.62. The Balaban J connectivity index is 1.74. The summed E-state index contributed by atoms with van der Waals surface area (Å²) in [4.78, 5) is 0. The first-order valence-electron chi connectivity index (χ1n) is 8.00. The molecule has 0 saturated carbocycles.